The Labute approximate surface area is 84.0 Å². The standard InChI is InChI=1S/Na.H2O4S.O.Zr.H/c;1-5(2,3)4;;;/h;(H2,1,2,3,4);;;. The van der Waals surface area contributed by atoms with Gasteiger partial charge in [0.05, 0.1) is 0 Å². The molecule has 44 valence electrons. The summed E-state index contributed by atoms with van der Waals surface area (Å²) < 4.78 is 39.9. The van der Waals surface area contributed by atoms with Gasteiger partial charge in [0.25, 0.3) is 0 Å². The normalized spacial score (nSPS) is 7.62. The topological polar surface area (TPSA) is 91.7 Å². The first kappa shape index (κ1) is 16.3. The van der Waals surface area contributed by atoms with Crippen molar-refractivity contribution < 1.29 is 45.1 Å². The maximum absolute atomic E-state index is 8.74. The molecule has 0 saturated heterocycles. The van der Waals surface area contributed by atoms with Gasteiger partial charge in [0.1, 0.15) is 0 Å². The molecular weight excluding hydrogens is 226 g/mol. The fraction of sp³-hybridized carbons (Fsp3) is 0. The third kappa shape index (κ3) is 134. The Morgan fingerprint density at radius 3 is 1.12 bits per heavy atom. The Morgan fingerprint density at radius 1 is 1.12 bits per heavy atom. The monoisotopic (exact) mass is 228 g/mol. The van der Waals surface area contributed by atoms with Crippen LogP contribution in [-0.2, 0) is 37.9 Å². The quantitative estimate of drug-likeness (QED) is 0.393. The first-order chi connectivity index (χ1) is 3.00. The van der Waals surface area contributed by atoms with E-state index >= 15 is 0 Å². The van der Waals surface area contributed by atoms with Crippen LogP contribution >= 0.6 is 0 Å². The summed E-state index contributed by atoms with van der Waals surface area (Å²) in [4.78, 5) is 0. The Morgan fingerprint density at radius 2 is 1.12 bits per heavy atom. The molecule has 0 aromatic carbocycles. The van der Waals surface area contributed by atoms with Gasteiger partial charge in [-0.05, 0) is 0 Å². The third-order valence-electron chi connectivity index (χ3n) is 0. The van der Waals surface area contributed by atoms with E-state index in [4.69, 9.17) is 20.3 Å². The molecule has 0 spiro atoms. The van der Waals surface area contributed by atoms with Gasteiger partial charge >= 0.3 is 67.5 Å². The van der Waals surface area contributed by atoms with Gasteiger partial charge in [0, 0.05) is 0 Å². The van der Waals surface area contributed by atoms with Crippen LogP contribution in [0.4, 0.5) is 0 Å². The molecule has 8 heavy (non-hydrogen) atoms. The van der Waals surface area contributed by atoms with E-state index in [2.05, 4.69) is 0 Å². The van der Waals surface area contributed by atoms with Crippen molar-refractivity contribution in [3.05, 3.63) is 0 Å². The Hall–Kier alpha value is 1.55. The molecule has 0 radical (unpaired) electrons. The van der Waals surface area contributed by atoms with Gasteiger partial charge in [0.15, 0.2) is 0 Å². The molecule has 0 aliphatic carbocycles. The van der Waals surface area contributed by atoms with E-state index in [0.717, 1.165) is 0 Å². The summed E-state index contributed by atoms with van der Waals surface area (Å²) in [5.74, 6) is 0. The summed E-state index contributed by atoms with van der Waals surface area (Å²) >= 11 is 0.300. The molecule has 0 rings (SSSR count). The minimum absolute atomic E-state index is 0. The van der Waals surface area contributed by atoms with Crippen LogP contribution in [-0.4, -0.2) is 47.1 Å². The molecule has 0 amide bonds. The maximum atomic E-state index is 8.74. The fourth-order valence-corrected chi connectivity index (χ4v) is 0. The molecule has 0 aliphatic rings. The minimum atomic E-state index is -4.67. The van der Waals surface area contributed by atoms with Crippen molar-refractivity contribution in [1.82, 2.24) is 0 Å². The van der Waals surface area contributed by atoms with E-state index in [0.29, 0.717) is 24.7 Å². The third-order valence-corrected chi connectivity index (χ3v) is 0. The molecule has 0 fully saturated rings. The van der Waals surface area contributed by atoms with E-state index in [1.165, 1.54) is 0 Å². The van der Waals surface area contributed by atoms with Crippen LogP contribution < -0.4 is 0 Å². The fourth-order valence-electron chi connectivity index (χ4n) is 0. The summed E-state index contributed by atoms with van der Waals surface area (Å²) in [6.07, 6.45) is 0. The van der Waals surface area contributed by atoms with Crippen LogP contribution in [0.25, 0.3) is 0 Å². The zero-order valence-electron chi connectivity index (χ0n) is 3.03. The van der Waals surface area contributed by atoms with Crippen LogP contribution in [0, 0.1) is 0 Å². The average molecular weight is 229 g/mol. The summed E-state index contributed by atoms with van der Waals surface area (Å²) in [5, 5.41) is 0. The molecule has 0 saturated carbocycles. The molecule has 0 unspecified atom stereocenters. The van der Waals surface area contributed by atoms with Gasteiger partial charge in [-0.2, -0.15) is 8.42 Å². The van der Waals surface area contributed by atoms with Crippen molar-refractivity contribution >= 4 is 40.0 Å². The van der Waals surface area contributed by atoms with Crippen LogP contribution in [0.2, 0.25) is 0 Å². The second-order valence-corrected chi connectivity index (χ2v) is 1.34. The predicted molar refractivity (Wildman–Crippen MR) is 22.0 cm³/mol. The molecule has 5 nitrogen and oxygen atoms in total. The van der Waals surface area contributed by atoms with Crippen molar-refractivity contribution in [3.63, 3.8) is 0 Å². The zero-order valence-corrected chi connectivity index (χ0v) is 6.30. The molecule has 0 aromatic rings. The Kier molecular flexibility index (Phi) is 17.4. The second-order valence-electron chi connectivity index (χ2n) is 0.448. The van der Waals surface area contributed by atoms with Crippen molar-refractivity contribution in [3.8, 4) is 0 Å². The van der Waals surface area contributed by atoms with Gasteiger partial charge in [-0.3, -0.25) is 9.11 Å². The Bertz CT molecular complexity index is 106. The summed E-state index contributed by atoms with van der Waals surface area (Å²) in [6.45, 7) is 0. The molecule has 8 heteroatoms. The van der Waals surface area contributed by atoms with Crippen LogP contribution in [0.5, 0.6) is 0 Å². The van der Waals surface area contributed by atoms with Crippen molar-refractivity contribution in [2.24, 2.45) is 0 Å². The Balaban J connectivity index is -0.0000000750. The molecule has 0 atom stereocenters. The molecule has 2 N–H and O–H groups in total. The molecule has 0 bridgehead atoms. The molecule has 0 aromatic heterocycles. The van der Waals surface area contributed by atoms with Crippen molar-refractivity contribution in [2.45, 2.75) is 0 Å². The van der Waals surface area contributed by atoms with Gasteiger partial charge in [0.2, 0.25) is 0 Å². The predicted octanol–water partition coefficient (Wildman–Crippen LogP) is -1.42. The first-order valence-corrected chi connectivity index (χ1v) is 3.30. The number of hydrogen-bond acceptors (Lipinski definition) is 3. The van der Waals surface area contributed by atoms with E-state index in [9.17, 15) is 0 Å². The first-order valence-electron chi connectivity index (χ1n) is 0.903. The summed E-state index contributed by atoms with van der Waals surface area (Å²) in [6, 6.07) is 0. The zero-order chi connectivity index (χ0) is 6.50. The SMILES string of the molecule is O=S(=O)(O)O.[NaH].[O]=[Zr]. The number of hydrogen-bond donors (Lipinski definition) is 2. The van der Waals surface area contributed by atoms with E-state index < -0.39 is 10.4 Å². The van der Waals surface area contributed by atoms with Crippen LogP contribution in [0.3, 0.4) is 0 Å². The summed E-state index contributed by atoms with van der Waals surface area (Å²) in [5.41, 5.74) is 0. The van der Waals surface area contributed by atoms with Gasteiger partial charge in [-0.25, -0.2) is 0 Å². The van der Waals surface area contributed by atoms with Crippen LogP contribution in [0.1, 0.15) is 0 Å². The van der Waals surface area contributed by atoms with Gasteiger partial charge in [-0.15, -0.1) is 0 Å². The number of rotatable bonds is 0. The molecule has 0 aliphatic heterocycles. The van der Waals surface area contributed by atoms with E-state index in [-0.39, 0.29) is 29.6 Å². The van der Waals surface area contributed by atoms with E-state index in [1.54, 1.807) is 0 Å². The van der Waals surface area contributed by atoms with Crippen molar-refractivity contribution in [1.29, 1.82) is 0 Å². The summed E-state index contributed by atoms with van der Waals surface area (Å²) in [7, 11) is -4.67. The van der Waals surface area contributed by atoms with Crippen LogP contribution in [0.15, 0.2) is 0 Å². The molecule has 0 heterocycles. The van der Waals surface area contributed by atoms with Gasteiger partial charge < -0.3 is 0 Å². The van der Waals surface area contributed by atoms with Crippen molar-refractivity contribution in [2.75, 3.05) is 0 Å². The second kappa shape index (κ2) is 8.55. The average Bonchev–Trinajstić information content (AvgIpc) is 1.36. The molecular formula is H3NaO5SZr. The van der Waals surface area contributed by atoms with E-state index in [1.807, 2.05) is 0 Å². The van der Waals surface area contributed by atoms with Gasteiger partial charge in [-0.1, -0.05) is 0 Å².